The third-order valence-corrected chi connectivity index (χ3v) is 13.7. The van der Waals surface area contributed by atoms with E-state index in [0.29, 0.717) is 30.7 Å². The van der Waals surface area contributed by atoms with Crippen LogP contribution in [0.15, 0.2) is 59.9 Å². The van der Waals surface area contributed by atoms with Crippen LogP contribution in [0.4, 0.5) is 10.5 Å². The minimum absolute atomic E-state index is 0.00286. The molecule has 2 saturated heterocycles. The number of ether oxygens (including phenoxy) is 1. The number of aromatic amines is 1. The van der Waals surface area contributed by atoms with Gasteiger partial charge in [-0.3, -0.25) is 19.6 Å². The Morgan fingerprint density at radius 3 is 2.37 bits per heavy atom. The molecule has 2 aliphatic carbocycles. The van der Waals surface area contributed by atoms with Crippen LogP contribution in [0.5, 0.6) is 0 Å². The van der Waals surface area contributed by atoms with Gasteiger partial charge in [-0.1, -0.05) is 52.0 Å². The zero-order valence-electron chi connectivity index (χ0n) is 35.1. The van der Waals surface area contributed by atoms with E-state index >= 15 is 0 Å². The first-order valence-corrected chi connectivity index (χ1v) is 21.9. The van der Waals surface area contributed by atoms with Gasteiger partial charge in [0, 0.05) is 42.5 Å². The molecule has 4 aromatic rings. The summed E-state index contributed by atoms with van der Waals surface area (Å²) in [5.74, 6) is 2.48. The Morgan fingerprint density at radius 1 is 0.864 bits per heavy atom. The fraction of sp³-hybridized carbons (Fsp3) is 0.500. The molecule has 0 radical (unpaired) electrons. The van der Waals surface area contributed by atoms with Gasteiger partial charge < -0.3 is 24.8 Å². The number of hydrogen-bond donors (Lipinski definition) is 2. The molecule has 9 rings (SSSR count). The molecule has 2 aromatic heterocycles. The molecular weight excluding hydrogens is 739 g/mol. The minimum atomic E-state index is -0.648. The van der Waals surface area contributed by atoms with E-state index < -0.39 is 12.1 Å². The zero-order valence-corrected chi connectivity index (χ0v) is 35.1. The van der Waals surface area contributed by atoms with Gasteiger partial charge in [0.1, 0.15) is 11.9 Å². The first kappa shape index (κ1) is 39.2. The lowest BCUT2D eigenvalue weighted by Gasteiger charge is -2.32. The standard InChI is InChI=1S/C48H57N7O4/c1-27(2)22-43(56)54-20-7-9-42(54)46-50-26-40(52-46)32-14-18-37(49-25-32)35-17-16-33(36-23-30-12-15-34(30)44(35)36)31-11-10-29-13-19-38(51-39(29)24-31)41-8-6-21-55(41)47(57)45(28(3)4)53-48(58)59-5/h10-11,14,16-18,24-28,30,34,41-42,45H,6-9,12-13,15,19-23H2,1-5H3,(H,50,52)(H,53,58). The molecule has 11 nitrogen and oxygen atoms in total. The fourth-order valence-electron chi connectivity index (χ4n) is 10.5. The quantitative estimate of drug-likeness (QED) is 0.165. The summed E-state index contributed by atoms with van der Waals surface area (Å²) in [6.07, 6.45) is 12.8. The van der Waals surface area contributed by atoms with Gasteiger partial charge in [-0.05, 0) is 127 Å². The number of pyridine rings is 1. The summed E-state index contributed by atoms with van der Waals surface area (Å²) < 4.78 is 4.83. The Morgan fingerprint density at radius 2 is 1.64 bits per heavy atom. The number of alkyl carbamates (subject to hydrolysis) is 1. The highest BCUT2D eigenvalue weighted by molar-refractivity contribution is 5.98. The summed E-state index contributed by atoms with van der Waals surface area (Å²) in [5, 5.41) is 2.77. The molecule has 0 spiro atoms. The van der Waals surface area contributed by atoms with Gasteiger partial charge in [-0.2, -0.15) is 0 Å². The molecule has 1 saturated carbocycles. The smallest absolute Gasteiger partial charge is 0.407 e. The highest BCUT2D eigenvalue weighted by atomic mass is 16.5. The van der Waals surface area contributed by atoms with Gasteiger partial charge in [0.2, 0.25) is 11.8 Å². The summed E-state index contributed by atoms with van der Waals surface area (Å²) in [4.78, 5) is 61.5. The summed E-state index contributed by atoms with van der Waals surface area (Å²) in [6.45, 7) is 9.52. The lowest BCUT2D eigenvalue weighted by Crippen LogP contribution is -2.53. The van der Waals surface area contributed by atoms with Gasteiger partial charge in [0.15, 0.2) is 0 Å². The highest BCUT2D eigenvalue weighted by Crippen LogP contribution is 2.56. The Labute approximate surface area is 347 Å². The number of methoxy groups -OCH3 is 1. The van der Waals surface area contributed by atoms with Crippen LogP contribution in [-0.2, 0) is 27.2 Å². The van der Waals surface area contributed by atoms with Crippen LogP contribution in [-0.4, -0.2) is 80.7 Å². The summed E-state index contributed by atoms with van der Waals surface area (Å²) in [5.41, 5.74) is 12.8. The number of nitrogens with zero attached hydrogens (tertiary/aromatic N) is 5. The van der Waals surface area contributed by atoms with E-state index in [0.717, 1.165) is 85.7 Å². The predicted octanol–water partition coefficient (Wildman–Crippen LogP) is 8.96. The number of hydrogen-bond acceptors (Lipinski definition) is 7. The van der Waals surface area contributed by atoms with Crippen molar-refractivity contribution in [2.75, 3.05) is 20.2 Å². The van der Waals surface area contributed by atoms with E-state index in [2.05, 4.69) is 66.6 Å². The van der Waals surface area contributed by atoms with Crippen molar-refractivity contribution >= 4 is 29.3 Å². The van der Waals surface area contributed by atoms with E-state index in [9.17, 15) is 14.4 Å². The molecule has 3 amide bonds. The van der Waals surface area contributed by atoms with E-state index in [-0.39, 0.29) is 29.8 Å². The topological polar surface area (TPSA) is 133 Å². The van der Waals surface area contributed by atoms with Crippen molar-refractivity contribution in [2.45, 2.75) is 116 Å². The van der Waals surface area contributed by atoms with Gasteiger partial charge in [0.05, 0.1) is 42.5 Å². The molecule has 59 heavy (non-hydrogen) atoms. The molecule has 5 unspecified atom stereocenters. The highest BCUT2D eigenvalue weighted by Gasteiger charge is 2.43. The first-order valence-electron chi connectivity index (χ1n) is 21.9. The summed E-state index contributed by atoms with van der Waals surface area (Å²) >= 11 is 0. The lowest BCUT2D eigenvalue weighted by molar-refractivity contribution is -0.134. The zero-order chi connectivity index (χ0) is 40.9. The Balaban J connectivity index is 0.965. The molecule has 5 atom stereocenters. The maximum atomic E-state index is 13.8. The number of nitrogens with one attached hydrogen (secondary N) is 2. The molecule has 0 bridgehead atoms. The van der Waals surface area contributed by atoms with Crippen LogP contribution in [0.25, 0.3) is 33.6 Å². The number of amides is 3. The third-order valence-electron chi connectivity index (χ3n) is 13.7. The number of likely N-dealkylation sites (tertiary alicyclic amines) is 2. The van der Waals surface area contributed by atoms with Gasteiger partial charge >= 0.3 is 6.09 Å². The van der Waals surface area contributed by atoms with Crippen LogP contribution >= 0.6 is 0 Å². The molecule has 3 aliphatic heterocycles. The molecule has 5 aliphatic rings. The van der Waals surface area contributed by atoms with E-state index in [4.69, 9.17) is 19.7 Å². The molecule has 2 aromatic carbocycles. The Kier molecular flexibility index (Phi) is 10.6. The fourth-order valence-corrected chi connectivity index (χ4v) is 10.5. The lowest BCUT2D eigenvalue weighted by atomic mass is 9.73. The molecule has 2 N–H and O–H groups in total. The number of carbonyl (C=O) groups is 3. The largest absolute Gasteiger partial charge is 0.453 e. The molecule has 5 heterocycles. The summed E-state index contributed by atoms with van der Waals surface area (Å²) in [6, 6.07) is 14.9. The Hall–Kier alpha value is -5.32. The van der Waals surface area contributed by atoms with Gasteiger partial charge in [-0.15, -0.1) is 0 Å². The number of aryl methyl sites for hydroxylation is 1. The molecule has 11 heteroatoms. The van der Waals surface area contributed by atoms with Crippen molar-refractivity contribution in [3.05, 3.63) is 77.4 Å². The number of H-pyrrole nitrogens is 1. The number of fused-ring (bicyclic) bond motifs is 4. The van der Waals surface area contributed by atoms with Gasteiger partial charge in [-0.25, -0.2) is 9.78 Å². The number of benzene rings is 2. The monoisotopic (exact) mass is 795 g/mol. The van der Waals surface area contributed by atoms with Crippen molar-refractivity contribution < 1.29 is 19.1 Å². The van der Waals surface area contributed by atoms with Gasteiger partial charge in [0.25, 0.3) is 0 Å². The number of carbonyl (C=O) groups excluding carboxylic acids is 3. The van der Waals surface area contributed by atoms with Crippen LogP contribution in [0.1, 0.15) is 114 Å². The van der Waals surface area contributed by atoms with E-state index in [1.165, 1.54) is 53.3 Å². The first-order chi connectivity index (χ1) is 28.6. The second-order valence-electron chi connectivity index (χ2n) is 18.2. The second kappa shape index (κ2) is 16.0. The summed E-state index contributed by atoms with van der Waals surface area (Å²) in [7, 11) is 1.32. The number of aliphatic imine (C=N–C) groups is 1. The normalized spacial score (nSPS) is 22.5. The van der Waals surface area contributed by atoms with Crippen LogP contribution in [0.2, 0.25) is 0 Å². The maximum absolute atomic E-state index is 13.8. The van der Waals surface area contributed by atoms with Crippen molar-refractivity contribution in [1.82, 2.24) is 30.1 Å². The van der Waals surface area contributed by atoms with E-state index in [1.807, 2.05) is 36.0 Å². The SMILES string of the molecule is COC(=O)NC(C(=O)N1CCCC1C1=Nc2cc(-c3ccc(-c4ccc(-c5cnc(C6CCCN6C(=O)CC(C)C)[nH]5)cn4)c4c3CC3CCC43)ccc2CC1)C(C)C. The van der Waals surface area contributed by atoms with Crippen molar-refractivity contribution in [1.29, 1.82) is 0 Å². The number of rotatable bonds is 10. The maximum Gasteiger partial charge on any atom is 0.407 e. The van der Waals surface area contributed by atoms with E-state index in [1.54, 1.807) is 0 Å². The second-order valence-corrected chi connectivity index (χ2v) is 18.2. The minimum Gasteiger partial charge on any atom is -0.453 e. The van der Waals surface area contributed by atoms with Crippen LogP contribution < -0.4 is 5.32 Å². The van der Waals surface area contributed by atoms with Crippen molar-refractivity contribution in [2.24, 2.45) is 22.7 Å². The predicted molar refractivity (Wildman–Crippen MR) is 229 cm³/mol. The Bertz CT molecular complexity index is 2290. The van der Waals surface area contributed by atoms with Crippen molar-refractivity contribution in [3.63, 3.8) is 0 Å². The molecule has 308 valence electrons. The average molecular weight is 796 g/mol. The number of imidazole rings is 1. The van der Waals surface area contributed by atoms with Crippen LogP contribution in [0.3, 0.4) is 0 Å². The average Bonchev–Trinajstić information content (AvgIpc) is 4.05. The molecule has 3 fully saturated rings. The van der Waals surface area contributed by atoms with Crippen LogP contribution in [0, 0.1) is 17.8 Å². The number of aromatic nitrogens is 3. The third kappa shape index (κ3) is 7.35. The van der Waals surface area contributed by atoms with Crippen molar-refractivity contribution in [3.8, 4) is 33.6 Å². The molecular formula is C48H57N7O4.